The molecule has 2 rings (SSSR count). The van der Waals surface area contributed by atoms with Crippen LogP contribution in [0.3, 0.4) is 0 Å². The van der Waals surface area contributed by atoms with Crippen molar-refractivity contribution in [3.63, 3.8) is 0 Å². The summed E-state index contributed by atoms with van der Waals surface area (Å²) < 4.78 is 4.78. The number of fused-ring (bicyclic) bond motifs is 1. The van der Waals surface area contributed by atoms with E-state index in [1.54, 1.807) is 6.92 Å². The van der Waals surface area contributed by atoms with Gasteiger partial charge in [-0.3, -0.25) is 4.79 Å². The first-order valence-corrected chi connectivity index (χ1v) is 6.64. The first-order chi connectivity index (χ1) is 8.94. The van der Waals surface area contributed by atoms with Gasteiger partial charge in [-0.05, 0) is 30.9 Å². The van der Waals surface area contributed by atoms with Gasteiger partial charge in [0.1, 0.15) is 5.54 Å². The molecule has 1 aliphatic rings. The second-order valence-electron chi connectivity index (χ2n) is 5.73. The summed E-state index contributed by atoms with van der Waals surface area (Å²) in [6, 6.07) is 8.31. The summed E-state index contributed by atoms with van der Waals surface area (Å²) in [4.78, 5) is 13.9. The number of carbonyl (C=O) groups is 1. The van der Waals surface area contributed by atoms with Gasteiger partial charge >= 0.3 is 5.97 Å². The highest BCUT2D eigenvalue weighted by molar-refractivity contribution is 5.81. The van der Waals surface area contributed by atoms with Crippen molar-refractivity contribution in [3.8, 4) is 0 Å². The van der Waals surface area contributed by atoms with Crippen LogP contribution < -0.4 is 10.6 Å². The Bertz CT molecular complexity index is 471. The molecule has 0 aliphatic carbocycles. The fraction of sp³-hybridized carbons (Fsp3) is 0.533. The van der Waals surface area contributed by atoms with Crippen molar-refractivity contribution < 1.29 is 9.53 Å². The number of hydrogen-bond acceptors (Lipinski definition) is 4. The van der Waals surface area contributed by atoms with Crippen LogP contribution in [0.1, 0.15) is 19.4 Å². The van der Waals surface area contributed by atoms with E-state index in [4.69, 9.17) is 10.5 Å². The number of ether oxygens (including phenoxy) is 1. The van der Waals surface area contributed by atoms with Crippen LogP contribution in [-0.2, 0) is 16.0 Å². The quantitative estimate of drug-likeness (QED) is 0.840. The van der Waals surface area contributed by atoms with Gasteiger partial charge in [-0.2, -0.15) is 0 Å². The van der Waals surface area contributed by atoms with Crippen molar-refractivity contribution in [2.75, 3.05) is 25.1 Å². The Balaban J connectivity index is 2.24. The minimum Gasteiger partial charge on any atom is -0.468 e. The number of para-hydroxylation sites is 1. The van der Waals surface area contributed by atoms with Gasteiger partial charge in [-0.15, -0.1) is 0 Å². The lowest BCUT2D eigenvalue weighted by molar-refractivity contribution is -0.146. The van der Waals surface area contributed by atoms with Crippen molar-refractivity contribution in [2.24, 2.45) is 11.7 Å². The lowest BCUT2D eigenvalue weighted by Gasteiger charge is -2.38. The first kappa shape index (κ1) is 13.9. The molecule has 2 unspecified atom stereocenters. The molecule has 4 heteroatoms. The average molecular weight is 262 g/mol. The van der Waals surface area contributed by atoms with Crippen LogP contribution >= 0.6 is 0 Å². The number of nitrogens with zero attached hydrogens (tertiary/aromatic N) is 1. The van der Waals surface area contributed by atoms with Crippen LogP contribution in [0, 0.1) is 5.92 Å². The topological polar surface area (TPSA) is 55.6 Å². The zero-order valence-corrected chi connectivity index (χ0v) is 11.8. The molecule has 1 aromatic rings. The first-order valence-electron chi connectivity index (χ1n) is 6.64. The number of carbonyl (C=O) groups excluding carboxylic acids is 1. The summed E-state index contributed by atoms with van der Waals surface area (Å²) in [6.45, 7) is 5.33. The standard InChI is InChI=1S/C15H22N2O2/c1-11-8-12-6-4-5-7-13(12)17(9-11)10-15(2,16)14(18)19-3/h4-7,11H,8-10,16H2,1-3H3. The normalized spacial score (nSPS) is 21.5. The van der Waals surface area contributed by atoms with Gasteiger partial charge in [0.2, 0.25) is 0 Å². The number of methoxy groups -OCH3 is 1. The minimum absolute atomic E-state index is 0.372. The van der Waals surface area contributed by atoms with Crippen LogP contribution in [-0.4, -0.2) is 31.7 Å². The fourth-order valence-electron chi connectivity index (χ4n) is 2.75. The molecule has 1 aromatic carbocycles. The highest BCUT2D eigenvalue weighted by atomic mass is 16.5. The smallest absolute Gasteiger partial charge is 0.327 e. The Morgan fingerprint density at radius 2 is 2.21 bits per heavy atom. The number of hydrogen-bond donors (Lipinski definition) is 1. The van der Waals surface area contributed by atoms with Crippen molar-refractivity contribution in [1.29, 1.82) is 0 Å². The number of nitrogens with two attached hydrogens (primary N) is 1. The van der Waals surface area contributed by atoms with E-state index >= 15 is 0 Å². The molecule has 0 aromatic heterocycles. The molecular weight excluding hydrogens is 240 g/mol. The highest BCUT2D eigenvalue weighted by Crippen LogP contribution is 2.30. The molecule has 0 bridgehead atoms. The van der Waals surface area contributed by atoms with E-state index in [1.165, 1.54) is 18.4 Å². The molecule has 0 saturated heterocycles. The second kappa shape index (κ2) is 5.21. The van der Waals surface area contributed by atoms with Crippen molar-refractivity contribution >= 4 is 11.7 Å². The van der Waals surface area contributed by atoms with E-state index in [9.17, 15) is 4.79 Å². The number of rotatable bonds is 3. The Labute approximate surface area is 114 Å². The number of esters is 1. The van der Waals surface area contributed by atoms with E-state index in [0.717, 1.165) is 13.0 Å². The third-order valence-electron chi connectivity index (χ3n) is 3.60. The molecule has 2 N–H and O–H groups in total. The van der Waals surface area contributed by atoms with Crippen LogP contribution in [0.25, 0.3) is 0 Å². The summed E-state index contributed by atoms with van der Waals surface area (Å²) in [6.07, 6.45) is 1.08. The highest BCUT2D eigenvalue weighted by Gasteiger charge is 2.34. The lowest BCUT2D eigenvalue weighted by Crippen LogP contribution is -2.56. The van der Waals surface area contributed by atoms with E-state index in [-0.39, 0.29) is 5.97 Å². The Morgan fingerprint density at radius 1 is 1.53 bits per heavy atom. The summed E-state index contributed by atoms with van der Waals surface area (Å²) in [5, 5.41) is 0. The van der Waals surface area contributed by atoms with Gasteiger partial charge in [0.15, 0.2) is 0 Å². The fourth-order valence-corrected chi connectivity index (χ4v) is 2.75. The molecule has 0 fully saturated rings. The van der Waals surface area contributed by atoms with Gasteiger partial charge in [-0.1, -0.05) is 25.1 Å². The zero-order valence-electron chi connectivity index (χ0n) is 11.8. The van der Waals surface area contributed by atoms with Gasteiger partial charge in [0.25, 0.3) is 0 Å². The van der Waals surface area contributed by atoms with Crippen molar-refractivity contribution in [2.45, 2.75) is 25.8 Å². The predicted molar refractivity (Wildman–Crippen MR) is 76.1 cm³/mol. The minimum atomic E-state index is -0.987. The number of anilines is 1. The van der Waals surface area contributed by atoms with Crippen molar-refractivity contribution in [1.82, 2.24) is 0 Å². The zero-order chi connectivity index (χ0) is 14.0. The largest absolute Gasteiger partial charge is 0.468 e. The maximum Gasteiger partial charge on any atom is 0.327 e. The van der Waals surface area contributed by atoms with Gasteiger partial charge in [0, 0.05) is 18.8 Å². The SMILES string of the molecule is COC(=O)C(C)(N)CN1CC(C)Cc2ccccc21. The monoisotopic (exact) mass is 262 g/mol. The summed E-state index contributed by atoms with van der Waals surface area (Å²) in [5.74, 6) is 0.187. The van der Waals surface area contributed by atoms with Crippen LogP contribution in [0.15, 0.2) is 24.3 Å². The third kappa shape index (κ3) is 2.89. The lowest BCUT2D eigenvalue weighted by atomic mass is 9.92. The number of benzene rings is 1. The van der Waals surface area contributed by atoms with Gasteiger partial charge < -0.3 is 15.4 Å². The molecule has 1 aliphatic heterocycles. The molecule has 0 amide bonds. The maximum absolute atomic E-state index is 11.7. The molecule has 104 valence electrons. The molecule has 0 radical (unpaired) electrons. The summed E-state index contributed by atoms with van der Waals surface area (Å²) >= 11 is 0. The molecule has 0 spiro atoms. The Hall–Kier alpha value is -1.55. The van der Waals surface area contributed by atoms with Crippen LogP contribution in [0.2, 0.25) is 0 Å². The van der Waals surface area contributed by atoms with E-state index in [0.29, 0.717) is 12.5 Å². The summed E-state index contributed by atoms with van der Waals surface area (Å²) in [5.41, 5.74) is 7.60. The van der Waals surface area contributed by atoms with Gasteiger partial charge in [-0.25, -0.2) is 0 Å². The maximum atomic E-state index is 11.7. The van der Waals surface area contributed by atoms with Crippen molar-refractivity contribution in [3.05, 3.63) is 29.8 Å². The van der Waals surface area contributed by atoms with Gasteiger partial charge in [0.05, 0.1) is 7.11 Å². The van der Waals surface area contributed by atoms with Crippen LogP contribution in [0.4, 0.5) is 5.69 Å². The van der Waals surface area contributed by atoms with E-state index in [1.807, 2.05) is 6.07 Å². The van der Waals surface area contributed by atoms with Crippen LogP contribution in [0.5, 0.6) is 0 Å². The molecule has 19 heavy (non-hydrogen) atoms. The average Bonchev–Trinajstić information content (AvgIpc) is 2.37. The predicted octanol–water partition coefficient (Wildman–Crippen LogP) is 1.58. The molecular formula is C15H22N2O2. The Morgan fingerprint density at radius 3 is 2.89 bits per heavy atom. The molecule has 0 saturated carbocycles. The molecule has 1 heterocycles. The second-order valence-corrected chi connectivity index (χ2v) is 5.73. The third-order valence-corrected chi connectivity index (χ3v) is 3.60. The van der Waals surface area contributed by atoms with E-state index in [2.05, 4.69) is 30.0 Å². The Kier molecular flexibility index (Phi) is 3.80. The molecule has 2 atom stereocenters. The van der Waals surface area contributed by atoms with E-state index < -0.39 is 5.54 Å². The molecule has 4 nitrogen and oxygen atoms in total. The summed E-state index contributed by atoms with van der Waals surface area (Å²) in [7, 11) is 1.38.